The second-order valence-corrected chi connectivity index (χ2v) is 9.87. The number of morpholine rings is 1. The number of pyridine rings is 1. The lowest BCUT2D eigenvalue weighted by molar-refractivity contribution is 0.0385. The van der Waals surface area contributed by atoms with Gasteiger partial charge < -0.3 is 14.6 Å². The van der Waals surface area contributed by atoms with Crippen LogP contribution in [0.15, 0.2) is 41.3 Å². The lowest BCUT2D eigenvalue weighted by atomic mass is 10.1. The van der Waals surface area contributed by atoms with E-state index in [1.165, 1.54) is 0 Å². The van der Waals surface area contributed by atoms with Crippen LogP contribution in [0.25, 0.3) is 10.2 Å². The molecule has 0 unspecified atom stereocenters. The van der Waals surface area contributed by atoms with Crippen LogP contribution in [0, 0.1) is 0 Å². The normalized spacial score (nSPS) is 14.9. The Labute approximate surface area is 196 Å². The number of amides is 1. The van der Waals surface area contributed by atoms with Gasteiger partial charge in [-0.05, 0) is 44.0 Å². The van der Waals surface area contributed by atoms with Crippen molar-refractivity contribution in [1.29, 1.82) is 0 Å². The molecule has 32 heavy (non-hydrogen) atoms. The highest BCUT2D eigenvalue weighted by molar-refractivity contribution is 7.18. The molecule has 1 aliphatic heterocycles. The maximum atomic E-state index is 13.2. The highest BCUT2D eigenvalue weighted by atomic mass is 35.5. The molecule has 0 spiro atoms. The van der Waals surface area contributed by atoms with Crippen molar-refractivity contribution in [2.75, 3.05) is 32.8 Å². The van der Waals surface area contributed by atoms with Crippen molar-refractivity contribution in [3.05, 3.63) is 67.8 Å². The van der Waals surface area contributed by atoms with E-state index in [1.54, 1.807) is 29.7 Å². The van der Waals surface area contributed by atoms with E-state index in [0.717, 1.165) is 54.5 Å². The van der Waals surface area contributed by atoms with Crippen molar-refractivity contribution in [1.82, 2.24) is 14.8 Å². The third-order valence-electron chi connectivity index (χ3n) is 5.70. The number of ether oxygens (including phenoxy) is 1. The quantitative estimate of drug-likeness (QED) is 0.561. The van der Waals surface area contributed by atoms with Crippen LogP contribution >= 0.6 is 22.9 Å². The van der Waals surface area contributed by atoms with Crippen LogP contribution in [-0.4, -0.2) is 48.2 Å². The Bertz CT molecular complexity index is 1150. The number of hydrogen-bond acceptors (Lipinski definition) is 5. The summed E-state index contributed by atoms with van der Waals surface area (Å²) in [4.78, 5) is 30.6. The third-order valence-corrected chi connectivity index (χ3v) is 7.16. The fourth-order valence-electron chi connectivity index (χ4n) is 3.83. The first kappa shape index (κ1) is 23.0. The van der Waals surface area contributed by atoms with Crippen LogP contribution in [0.4, 0.5) is 0 Å². The molecule has 0 aliphatic carbocycles. The van der Waals surface area contributed by atoms with Gasteiger partial charge in [0.25, 0.3) is 5.91 Å². The molecule has 170 valence electrons. The first-order valence-electron chi connectivity index (χ1n) is 10.9. The Balaban J connectivity index is 1.56. The van der Waals surface area contributed by atoms with Crippen molar-refractivity contribution in [2.24, 2.45) is 0 Å². The average Bonchev–Trinajstić information content (AvgIpc) is 3.22. The summed E-state index contributed by atoms with van der Waals surface area (Å²) >= 11 is 7.57. The number of halogens is 1. The number of aromatic nitrogens is 1. The zero-order valence-electron chi connectivity index (χ0n) is 18.4. The monoisotopic (exact) mass is 473 g/mol. The zero-order valence-corrected chi connectivity index (χ0v) is 20.0. The molecule has 1 aromatic carbocycles. The number of carbonyl (C=O) groups is 1. The number of thiophene rings is 1. The number of nitrogens with one attached hydrogen (secondary N) is 1. The van der Waals surface area contributed by atoms with Crippen molar-refractivity contribution in [3.63, 3.8) is 0 Å². The Morgan fingerprint density at radius 3 is 2.62 bits per heavy atom. The summed E-state index contributed by atoms with van der Waals surface area (Å²) in [6.45, 7) is 8.85. The van der Waals surface area contributed by atoms with E-state index < -0.39 is 0 Å². The number of hydrogen-bond donors (Lipinski definition) is 1. The highest BCUT2D eigenvalue weighted by Crippen LogP contribution is 2.27. The van der Waals surface area contributed by atoms with E-state index in [2.05, 4.69) is 24.1 Å². The Morgan fingerprint density at radius 2 is 1.94 bits per heavy atom. The van der Waals surface area contributed by atoms with Gasteiger partial charge in [0.2, 0.25) is 5.43 Å². The topological polar surface area (TPSA) is 63.6 Å². The molecule has 0 radical (unpaired) electrons. The van der Waals surface area contributed by atoms with Crippen molar-refractivity contribution >= 4 is 39.1 Å². The lowest BCUT2D eigenvalue weighted by Crippen LogP contribution is -2.37. The summed E-state index contributed by atoms with van der Waals surface area (Å²) in [5.41, 5.74) is 0.894. The number of carbonyl (C=O) groups excluding carboxylic acids is 1. The Kier molecular flexibility index (Phi) is 7.30. The summed E-state index contributed by atoms with van der Waals surface area (Å²) in [6, 6.07) is 9.38. The summed E-state index contributed by atoms with van der Waals surface area (Å²) in [7, 11) is 0. The van der Waals surface area contributed by atoms with Crippen molar-refractivity contribution in [3.8, 4) is 0 Å². The molecule has 3 heterocycles. The Hall–Kier alpha value is -2.19. The number of fused-ring (bicyclic) bond motifs is 1. The van der Waals surface area contributed by atoms with Gasteiger partial charge in [-0.3, -0.25) is 14.5 Å². The van der Waals surface area contributed by atoms with Gasteiger partial charge in [-0.1, -0.05) is 23.7 Å². The van der Waals surface area contributed by atoms with E-state index in [9.17, 15) is 9.59 Å². The third kappa shape index (κ3) is 5.23. The fourth-order valence-corrected chi connectivity index (χ4v) is 5.20. The molecular formula is C24H28ClN3O3S. The van der Waals surface area contributed by atoms with E-state index in [1.807, 2.05) is 22.8 Å². The first-order chi connectivity index (χ1) is 15.4. The summed E-state index contributed by atoms with van der Waals surface area (Å²) < 4.78 is 7.46. The lowest BCUT2D eigenvalue weighted by Gasteiger charge is -2.26. The molecule has 0 atom stereocenters. The van der Waals surface area contributed by atoms with E-state index in [-0.39, 0.29) is 22.9 Å². The number of rotatable bonds is 7. The second-order valence-electron chi connectivity index (χ2n) is 8.32. The van der Waals surface area contributed by atoms with Gasteiger partial charge in [0.15, 0.2) is 0 Å². The molecule has 6 nitrogen and oxygen atoms in total. The molecule has 0 saturated carbocycles. The molecule has 1 fully saturated rings. The summed E-state index contributed by atoms with van der Waals surface area (Å²) in [6.07, 6.45) is 2.59. The average molecular weight is 474 g/mol. The number of benzene rings is 1. The molecule has 1 saturated heterocycles. The molecule has 2 aromatic heterocycles. The van der Waals surface area contributed by atoms with Gasteiger partial charge in [0.1, 0.15) is 10.4 Å². The van der Waals surface area contributed by atoms with Crippen LogP contribution < -0.4 is 10.7 Å². The predicted molar refractivity (Wildman–Crippen MR) is 130 cm³/mol. The van der Waals surface area contributed by atoms with Crippen LogP contribution in [0.3, 0.4) is 0 Å². The second kappa shape index (κ2) is 10.2. The zero-order chi connectivity index (χ0) is 22.7. The summed E-state index contributed by atoms with van der Waals surface area (Å²) in [5.74, 6) is -0.359. The maximum absolute atomic E-state index is 13.2. The fraction of sp³-hybridized carbons (Fsp3) is 0.417. The van der Waals surface area contributed by atoms with Crippen LogP contribution in [0.2, 0.25) is 5.02 Å². The van der Waals surface area contributed by atoms with Crippen LogP contribution in [-0.2, 0) is 17.7 Å². The molecule has 3 aromatic rings. The maximum Gasteiger partial charge on any atom is 0.257 e. The van der Waals surface area contributed by atoms with Gasteiger partial charge in [0.05, 0.1) is 18.6 Å². The van der Waals surface area contributed by atoms with Gasteiger partial charge in [-0.15, -0.1) is 11.3 Å². The highest BCUT2D eigenvalue weighted by Gasteiger charge is 2.19. The summed E-state index contributed by atoms with van der Waals surface area (Å²) in [5, 5.41) is 4.14. The van der Waals surface area contributed by atoms with E-state index in [0.29, 0.717) is 17.0 Å². The molecule has 1 aliphatic rings. The first-order valence-corrected chi connectivity index (χ1v) is 12.1. The molecule has 1 N–H and O–H groups in total. The molecule has 1 amide bonds. The molecule has 8 heteroatoms. The van der Waals surface area contributed by atoms with Crippen molar-refractivity contribution in [2.45, 2.75) is 32.9 Å². The predicted octanol–water partition coefficient (Wildman–Crippen LogP) is 4.10. The van der Waals surface area contributed by atoms with Crippen LogP contribution in [0.5, 0.6) is 0 Å². The molecule has 0 bridgehead atoms. The van der Waals surface area contributed by atoms with Gasteiger partial charge in [-0.2, -0.15) is 0 Å². The van der Waals surface area contributed by atoms with Gasteiger partial charge in [0, 0.05) is 48.3 Å². The minimum absolute atomic E-state index is 0.131. The minimum atomic E-state index is -0.359. The van der Waals surface area contributed by atoms with Crippen molar-refractivity contribution < 1.29 is 9.53 Å². The van der Waals surface area contributed by atoms with E-state index >= 15 is 0 Å². The number of nitrogens with zero attached hydrogens (tertiary/aromatic N) is 2. The SMILES string of the molecule is CC(C)n1cc(C(=O)NCc2ccc(Cl)cc2)c(=O)c2cc(CCN3CCOCC3)sc21. The Morgan fingerprint density at radius 1 is 1.22 bits per heavy atom. The molecule has 4 rings (SSSR count). The molecular weight excluding hydrogens is 446 g/mol. The van der Waals surface area contributed by atoms with Gasteiger partial charge in [-0.25, -0.2) is 0 Å². The largest absolute Gasteiger partial charge is 0.379 e. The standard InChI is InChI=1S/C24H28ClN3O3S/c1-16(2)28-15-21(23(30)26-14-17-3-5-18(25)6-4-17)22(29)20-13-19(32-24(20)28)7-8-27-9-11-31-12-10-27/h3-6,13,15-16H,7-12,14H2,1-2H3,(H,26,30). The van der Waals surface area contributed by atoms with Crippen LogP contribution in [0.1, 0.15) is 40.7 Å². The minimum Gasteiger partial charge on any atom is -0.379 e. The smallest absolute Gasteiger partial charge is 0.257 e. The van der Waals surface area contributed by atoms with Gasteiger partial charge >= 0.3 is 0 Å². The van der Waals surface area contributed by atoms with E-state index in [4.69, 9.17) is 16.3 Å².